The molecule has 17 heavy (non-hydrogen) atoms. The Bertz CT molecular complexity index is 538. The molecule has 0 saturated carbocycles. The SMILES string of the molecule is O=[N+]([O-])c1ccc(Cc2ncccc2O)cc1. The molecule has 0 saturated heterocycles. The van der Waals surface area contributed by atoms with Crippen molar-refractivity contribution in [1.29, 1.82) is 0 Å². The molecule has 1 N–H and O–H groups in total. The zero-order valence-electron chi connectivity index (χ0n) is 8.91. The number of benzene rings is 1. The Morgan fingerprint density at radius 2 is 1.94 bits per heavy atom. The van der Waals surface area contributed by atoms with Gasteiger partial charge in [0, 0.05) is 24.8 Å². The molecule has 2 aromatic rings. The lowest BCUT2D eigenvalue weighted by molar-refractivity contribution is -0.384. The predicted octanol–water partition coefficient (Wildman–Crippen LogP) is 2.29. The van der Waals surface area contributed by atoms with Gasteiger partial charge < -0.3 is 5.11 Å². The Morgan fingerprint density at radius 3 is 2.53 bits per heavy atom. The fourth-order valence-electron chi connectivity index (χ4n) is 1.49. The molecular formula is C12H10N2O3. The highest BCUT2D eigenvalue weighted by atomic mass is 16.6. The second-order valence-electron chi connectivity index (χ2n) is 3.57. The van der Waals surface area contributed by atoms with E-state index in [9.17, 15) is 15.2 Å². The number of aromatic nitrogens is 1. The van der Waals surface area contributed by atoms with E-state index in [1.807, 2.05) is 0 Å². The molecule has 1 aromatic heterocycles. The van der Waals surface area contributed by atoms with Gasteiger partial charge in [0.2, 0.25) is 0 Å². The van der Waals surface area contributed by atoms with Crippen molar-refractivity contribution in [3.63, 3.8) is 0 Å². The summed E-state index contributed by atoms with van der Waals surface area (Å²) in [5, 5.41) is 20.0. The summed E-state index contributed by atoms with van der Waals surface area (Å²) in [5.74, 6) is 0.130. The normalized spacial score (nSPS) is 10.1. The van der Waals surface area contributed by atoms with Crippen LogP contribution >= 0.6 is 0 Å². The lowest BCUT2D eigenvalue weighted by atomic mass is 10.1. The number of pyridine rings is 1. The highest BCUT2D eigenvalue weighted by Crippen LogP contribution is 2.19. The van der Waals surface area contributed by atoms with Crippen molar-refractivity contribution in [2.75, 3.05) is 0 Å². The third-order valence-corrected chi connectivity index (χ3v) is 2.38. The smallest absolute Gasteiger partial charge is 0.269 e. The summed E-state index contributed by atoms with van der Waals surface area (Å²) < 4.78 is 0. The Labute approximate surface area is 97.5 Å². The van der Waals surface area contributed by atoms with Gasteiger partial charge in [0.1, 0.15) is 5.75 Å². The van der Waals surface area contributed by atoms with Crippen molar-refractivity contribution in [1.82, 2.24) is 4.98 Å². The molecule has 0 spiro atoms. The highest BCUT2D eigenvalue weighted by Gasteiger charge is 2.06. The minimum absolute atomic E-state index is 0.0546. The first-order valence-corrected chi connectivity index (χ1v) is 5.03. The van der Waals surface area contributed by atoms with Gasteiger partial charge in [0.15, 0.2) is 0 Å². The lowest BCUT2D eigenvalue weighted by Gasteiger charge is -2.02. The van der Waals surface area contributed by atoms with Crippen molar-refractivity contribution in [2.24, 2.45) is 0 Å². The largest absolute Gasteiger partial charge is 0.506 e. The number of nitro groups is 1. The van der Waals surface area contributed by atoms with Gasteiger partial charge in [-0.1, -0.05) is 12.1 Å². The summed E-state index contributed by atoms with van der Waals surface area (Å²) in [7, 11) is 0. The van der Waals surface area contributed by atoms with E-state index in [0.29, 0.717) is 12.1 Å². The Balaban J connectivity index is 2.20. The molecule has 86 valence electrons. The minimum atomic E-state index is -0.442. The van der Waals surface area contributed by atoms with Crippen molar-refractivity contribution >= 4 is 5.69 Å². The molecule has 0 atom stereocenters. The molecule has 0 amide bonds. The quantitative estimate of drug-likeness (QED) is 0.648. The van der Waals surface area contributed by atoms with E-state index in [4.69, 9.17) is 0 Å². The molecule has 0 radical (unpaired) electrons. The molecule has 1 aromatic carbocycles. The molecular weight excluding hydrogens is 220 g/mol. The second-order valence-corrected chi connectivity index (χ2v) is 3.57. The van der Waals surface area contributed by atoms with Crippen LogP contribution in [0.15, 0.2) is 42.6 Å². The van der Waals surface area contributed by atoms with E-state index in [0.717, 1.165) is 5.56 Å². The van der Waals surface area contributed by atoms with E-state index in [-0.39, 0.29) is 11.4 Å². The fraction of sp³-hybridized carbons (Fsp3) is 0.0833. The van der Waals surface area contributed by atoms with Gasteiger partial charge in [0.25, 0.3) is 5.69 Å². The molecule has 5 heteroatoms. The maximum Gasteiger partial charge on any atom is 0.269 e. The van der Waals surface area contributed by atoms with Crippen LogP contribution in [0.3, 0.4) is 0 Å². The van der Waals surface area contributed by atoms with Crippen LogP contribution in [0.5, 0.6) is 5.75 Å². The molecule has 2 rings (SSSR count). The Kier molecular flexibility index (Phi) is 3.00. The average Bonchev–Trinajstić information content (AvgIpc) is 2.33. The first kappa shape index (κ1) is 11.1. The van der Waals surface area contributed by atoms with Gasteiger partial charge in [-0.2, -0.15) is 0 Å². The monoisotopic (exact) mass is 230 g/mol. The van der Waals surface area contributed by atoms with Gasteiger partial charge in [-0.15, -0.1) is 0 Å². The summed E-state index contributed by atoms with van der Waals surface area (Å²) in [4.78, 5) is 14.1. The van der Waals surface area contributed by atoms with E-state index in [1.54, 1.807) is 30.5 Å². The first-order chi connectivity index (χ1) is 8.16. The molecule has 0 aliphatic carbocycles. The fourth-order valence-corrected chi connectivity index (χ4v) is 1.49. The van der Waals surface area contributed by atoms with Gasteiger partial charge in [0.05, 0.1) is 10.6 Å². The molecule has 0 bridgehead atoms. The number of non-ortho nitro benzene ring substituents is 1. The minimum Gasteiger partial charge on any atom is -0.506 e. The molecule has 5 nitrogen and oxygen atoms in total. The maximum atomic E-state index is 10.5. The molecule has 0 fully saturated rings. The molecule has 0 aliphatic rings. The zero-order valence-corrected chi connectivity index (χ0v) is 8.91. The Morgan fingerprint density at radius 1 is 1.24 bits per heavy atom. The summed E-state index contributed by atoms with van der Waals surface area (Å²) >= 11 is 0. The zero-order chi connectivity index (χ0) is 12.3. The van der Waals surface area contributed by atoms with E-state index >= 15 is 0 Å². The number of aromatic hydroxyl groups is 1. The van der Waals surface area contributed by atoms with E-state index in [1.165, 1.54) is 12.1 Å². The molecule has 0 aliphatic heterocycles. The van der Waals surface area contributed by atoms with Crippen LogP contribution in [0.25, 0.3) is 0 Å². The third-order valence-electron chi connectivity index (χ3n) is 2.38. The van der Waals surface area contributed by atoms with Crippen LogP contribution in [-0.2, 0) is 6.42 Å². The van der Waals surface area contributed by atoms with E-state index in [2.05, 4.69) is 4.98 Å². The van der Waals surface area contributed by atoms with Crippen molar-refractivity contribution in [3.05, 3.63) is 64.0 Å². The van der Waals surface area contributed by atoms with Gasteiger partial charge in [-0.05, 0) is 17.7 Å². The number of nitrogens with zero attached hydrogens (tertiary/aromatic N) is 2. The standard InChI is InChI=1S/C12H10N2O3/c15-12-2-1-7-13-11(12)8-9-3-5-10(6-4-9)14(16)17/h1-7,15H,8H2. The van der Waals surface area contributed by atoms with Gasteiger partial charge in [-0.3, -0.25) is 15.1 Å². The number of rotatable bonds is 3. The second kappa shape index (κ2) is 4.61. The van der Waals surface area contributed by atoms with E-state index < -0.39 is 4.92 Å². The number of nitro benzene ring substituents is 1. The summed E-state index contributed by atoms with van der Waals surface area (Å²) in [6.45, 7) is 0. The summed E-state index contributed by atoms with van der Waals surface area (Å²) in [5.41, 5.74) is 1.48. The molecule has 1 heterocycles. The number of hydrogen-bond donors (Lipinski definition) is 1. The summed E-state index contributed by atoms with van der Waals surface area (Å²) in [6.07, 6.45) is 2.05. The molecule has 0 unspecified atom stereocenters. The average molecular weight is 230 g/mol. The topological polar surface area (TPSA) is 76.3 Å². The van der Waals surface area contributed by atoms with Crippen LogP contribution in [0.2, 0.25) is 0 Å². The van der Waals surface area contributed by atoms with Crippen LogP contribution < -0.4 is 0 Å². The van der Waals surface area contributed by atoms with Crippen LogP contribution in [-0.4, -0.2) is 15.0 Å². The highest BCUT2D eigenvalue weighted by molar-refractivity contribution is 5.36. The van der Waals surface area contributed by atoms with Gasteiger partial charge in [-0.25, -0.2) is 0 Å². The Hall–Kier alpha value is -2.43. The lowest BCUT2D eigenvalue weighted by Crippen LogP contribution is -1.93. The van der Waals surface area contributed by atoms with Gasteiger partial charge >= 0.3 is 0 Å². The third kappa shape index (κ3) is 2.57. The van der Waals surface area contributed by atoms with Crippen LogP contribution in [0, 0.1) is 10.1 Å². The van der Waals surface area contributed by atoms with Crippen molar-refractivity contribution in [2.45, 2.75) is 6.42 Å². The maximum absolute atomic E-state index is 10.5. The van der Waals surface area contributed by atoms with Crippen LogP contribution in [0.4, 0.5) is 5.69 Å². The van der Waals surface area contributed by atoms with Crippen LogP contribution in [0.1, 0.15) is 11.3 Å². The number of hydrogen-bond acceptors (Lipinski definition) is 4. The predicted molar refractivity (Wildman–Crippen MR) is 61.8 cm³/mol. The first-order valence-electron chi connectivity index (χ1n) is 5.03. The van der Waals surface area contributed by atoms with Crippen molar-refractivity contribution in [3.8, 4) is 5.75 Å². The summed E-state index contributed by atoms with van der Waals surface area (Å²) in [6, 6.07) is 9.41. The van der Waals surface area contributed by atoms with Crippen molar-refractivity contribution < 1.29 is 10.0 Å².